The zero-order chi connectivity index (χ0) is 18.4. The Morgan fingerprint density at radius 2 is 2.15 bits per heavy atom. The summed E-state index contributed by atoms with van der Waals surface area (Å²) >= 11 is 1.44. The third-order valence-electron chi connectivity index (χ3n) is 4.58. The number of benzene rings is 1. The summed E-state index contributed by atoms with van der Waals surface area (Å²) in [5.74, 6) is 0.714. The van der Waals surface area contributed by atoms with Crippen LogP contribution in [0, 0.1) is 0 Å². The topological polar surface area (TPSA) is 73.3 Å². The number of para-hydroxylation sites is 1. The van der Waals surface area contributed by atoms with Gasteiger partial charge in [0.05, 0.1) is 11.7 Å². The van der Waals surface area contributed by atoms with Gasteiger partial charge in [-0.25, -0.2) is 0 Å². The summed E-state index contributed by atoms with van der Waals surface area (Å²) < 4.78 is 11.4. The Bertz CT molecular complexity index is 724. The summed E-state index contributed by atoms with van der Waals surface area (Å²) in [5, 5.41) is 12.7. The number of anilines is 1. The maximum Gasteiger partial charge on any atom is 0.261 e. The van der Waals surface area contributed by atoms with Crippen LogP contribution in [0.1, 0.15) is 60.8 Å². The summed E-state index contributed by atoms with van der Waals surface area (Å²) in [7, 11) is 0. The van der Waals surface area contributed by atoms with Crippen LogP contribution in [0.2, 0.25) is 0 Å². The van der Waals surface area contributed by atoms with Crippen LogP contribution in [-0.4, -0.2) is 35.4 Å². The van der Waals surface area contributed by atoms with Crippen LogP contribution in [0.4, 0.5) is 5.13 Å². The van der Waals surface area contributed by atoms with Crippen molar-refractivity contribution < 1.29 is 14.3 Å². The SMILES string of the molecule is CCC(CC)c1nnc(NC(=O)c2ccccc2OCC2CCCO2)s1. The van der Waals surface area contributed by atoms with Crippen LogP contribution in [0.25, 0.3) is 0 Å². The number of hydrogen-bond acceptors (Lipinski definition) is 6. The number of amides is 1. The zero-order valence-electron chi connectivity index (χ0n) is 15.2. The van der Waals surface area contributed by atoms with Crippen molar-refractivity contribution in [1.29, 1.82) is 0 Å². The van der Waals surface area contributed by atoms with Gasteiger partial charge in [-0.1, -0.05) is 37.3 Å². The average molecular weight is 375 g/mol. The van der Waals surface area contributed by atoms with Crippen LogP contribution in [0.15, 0.2) is 24.3 Å². The Balaban J connectivity index is 1.66. The summed E-state index contributed by atoms with van der Waals surface area (Å²) in [6.07, 6.45) is 4.19. The van der Waals surface area contributed by atoms with Crippen molar-refractivity contribution in [2.24, 2.45) is 0 Å². The summed E-state index contributed by atoms with van der Waals surface area (Å²) in [6.45, 7) is 5.51. The van der Waals surface area contributed by atoms with Crippen LogP contribution in [0.5, 0.6) is 5.75 Å². The molecule has 0 radical (unpaired) electrons. The Kier molecular flexibility index (Phi) is 6.57. The molecule has 1 saturated heterocycles. The predicted molar refractivity (Wildman–Crippen MR) is 102 cm³/mol. The van der Waals surface area contributed by atoms with E-state index >= 15 is 0 Å². The molecule has 1 aromatic heterocycles. The van der Waals surface area contributed by atoms with Gasteiger partial charge in [0.2, 0.25) is 5.13 Å². The lowest BCUT2D eigenvalue weighted by molar-refractivity contribution is 0.0673. The van der Waals surface area contributed by atoms with Gasteiger partial charge >= 0.3 is 0 Å². The highest BCUT2D eigenvalue weighted by atomic mass is 32.1. The highest BCUT2D eigenvalue weighted by molar-refractivity contribution is 7.15. The number of carbonyl (C=O) groups is 1. The van der Waals surface area contributed by atoms with E-state index in [9.17, 15) is 4.79 Å². The van der Waals surface area contributed by atoms with E-state index in [-0.39, 0.29) is 12.0 Å². The molecule has 140 valence electrons. The normalized spacial score (nSPS) is 16.8. The number of nitrogens with one attached hydrogen (secondary N) is 1. The van der Waals surface area contributed by atoms with Crippen LogP contribution in [0.3, 0.4) is 0 Å². The van der Waals surface area contributed by atoms with Crippen molar-refractivity contribution in [3.05, 3.63) is 34.8 Å². The summed E-state index contributed by atoms with van der Waals surface area (Å²) in [5.41, 5.74) is 0.491. The monoisotopic (exact) mass is 375 g/mol. The number of ether oxygens (including phenoxy) is 2. The quantitative estimate of drug-likeness (QED) is 0.746. The highest BCUT2D eigenvalue weighted by Crippen LogP contribution is 2.29. The van der Waals surface area contributed by atoms with Gasteiger partial charge in [0.25, 0.3) is 5.91 Å². The molecule has 1 atom stereocenters. The molecule has 0 saturated carbocycles. The van der Waals surface area contributed by atoms with Gasteiger partial charge in [-0.15, -0.1) is 10.2 Å². The number of rotatable bonds is 8. The van der Waals surface area contributed by atoms with Crippen molar-refractivity contribution in [3.8, 4) is 5.75 Å². The molecule has 1 unspecified atom stereocenters. The number of nitrogens with zero attached hydrogens (tertiary/aromatic N) is 2. The number of carbonyl (C=O) groups excluding carboxylic acids is 1. The summed E-state index contributed by atoms with van der Waals surface area (Å²) in [6, 6.07) is 7.24. The molecule has 26 heavy (non-hydrogen) atoms. The van der Waals surface area contributed by atoms with E-state index in [0.717, 1.165) is 37.3 Å². The lowest BCUT2D eigenvalue weighted by Gasteiger charge is -2.14. The maximum atomic E-state index is 12.7. The molecule has 0 bridgehead atoms. The third-order valence-corrected chi connectivity index (χ3v) is 5.58. The molecule has 0 aliphatic carbocycles. The zero-order valence-corrected chi connectivity index (χ0v) is 16.1. The van der Waals surface area contributed by atoms with E-state index in [1.165, 1.54) is 11.3 Å². The molecule has 1 fully saturated rings. The van der Waals surface area contributed by atoms with Crippen molar-refractivity contribution in [3.63, 3.8) is 0 Å². The van der Waals surface area contributed by atoms with E-state index in [2.05, 4.69) is 29.4 Å². The standard InChI is InChI=1S/C19H25N3O3S/c1-3-13(4-2)18-21-22-19(26-18)20-17(23)15-9-5-6-10-16(15)25-12-14-8-7-11-24-14/h5-6,9-10,13-14H,3-4,7-8,11-12H2,1-2H3,(H,20,22,23). The predicted octanol–water partition coefficient (Wildman–Crippen LogP) is 4.25. The number of aromatic nitrogens is 2. The molecule has 1 aliphatic heterocycles. The van der Waals surface area contributed by atoms with Crippen molar-refractivity contribution in [1.82, 2.24) is 10.2 Å². The van der Waals surface area contributed by atoms with Gasteiger partial charge in [0.1, 0.15) is 17.4 Å². The average Bonchev–Trinajstić information content (AvgIpc) is 3.33. The molecule has 2 heterocycles. The second kappa shape index (κ2) is 9.09. The largest absolute Gasteiger partial charge is 0.490 e. The third kappa shape index (κ3) is 4.59. The first-order valence-electron chi connectivity index (χ1n) is 9.19. The Morgan fingerprint density at radius 1 is 1.35 bits per heavy atom. The van der Waals surface area contributed by atoms with Gasteiger partial charge in [-0.2, -0.15) is 0 Å². The van der Waals surface area contributed by atoms with Gasteiger partial charge < -0.3 is 9.47 Å². The summed E-state index contributed by atoms with van der Waals surface area (Å²) in [4.78, 5) is 12.7. The van der Waals surface area contributed by atoms with E-state index in [4.69, 9.17) is 9.47 Å². The Morgan fingerprint density at radius 3 is 2.88 bits per heavy atom. The smallest absolute Gasteiger partial charge is 0.261 e. The fourth-order valence-corrected chi connectivity index (χ4v) is 4.00. The first kappa shape index (κ1) is 18.8. The van der Waals surface area contributed by atoms with Gasteiger partial charge in [-0.05, 0) is 37.8 Å². The second-order valence-electron chi connectivity index (χ2n) is 6.36. The molecular formula is C19H25N3O3S. The van der Waals surface area contributed by atoms with Crippen LogP contribution >= 0.6 is 11.3 Å². The Hall–Kier alpha value is -1.99. The van der Waals surface area contributed by atoms with Crippen molar-refractivity contribution in [2.45, 2.75) is 51.6 Å². The first-order chi connectivity index (χ1) is 12.7. The maximum absolute atomic E-state index is 12.7. The van der Waals surface area contributed by atoms with E-state index in [1.54, 1.807) is 12.1 Å². The Labute approximate surface area is 157 Å². The van der Waals surface area contributed by atoms with Crippen LogP contribution in [-0.2, 0) is 4.74 Å². The number of hydrogen-bond donors (Lipinski definition) is 1. The van der Waals surface area contributed by atoms with Crippen LogP contribution < -0.4 is 10.1 Å². The molecule has 6 nitrogen and oxygen atoms in total. The van der Waals surface area contributed by atoms with E-state index < -0.39 is 0 Å². The second-order valence-corrected chi connectivity index (χ2v) is 7.36. The van der Waals surface area contributed by atoms with Gasteiger partial charge in [-0.3, -0.25) is 10.1 Å². The minimum absolute atomic E-state index is 0.108. The lowest BCUT2D eigenvalue weighted by Crippen LogP contribution is -2.19. The molecule has 1 N–H and O–H groups in total. The fourth-order valence-electron chi connectivity index (χ4n) is 2.99. The fraction of sp³-hybridized carbons (Fsp3) is 0.526. The molecule has 1 aromatic carbocycles. The van der Waals surface area contributed by atoms with Crippen molar-refractivity contribution in [2.75, 3.05) is 18.5 Å². The lowest BCUT2D eigenvalue weighted by atomic mass is 10.1. The minimum atomic E-state index is -0.236. The molecule has 7 heteroatoms. The van der Waals surface area contributed by atoms with E-state index in [1.807, 2.05) is 12.1 Å². The molecule has 0 spiro atoms. The van der Waals surface area contributed by atoms with Gasteiger partial charge in [0, 0.05) is 12.5 Å². The van der Waals surface area contributed by atoms with Crippen molar-refractivity contribution >= 4 is 22.4 Å². The molecule has 3 rings (SSSR count). The molecule has 2 aromatic rings. The molecular weight excluding hydrogens is 350 g/mol. The molecule has 1 amide bonds. The molecule has 1 aliphatic rings. The van der Waals surface area contributed by atoms with E-state index in [0.29, 0.717) is 29.0 Å². The minimum Gasteiger partial charge on any atom is -0.490 e. The highest BCUT2D eigenvalue weighted by Gasteiger charge is 2.20. The first-order valence-corrected chi connectivity index (χ1v) is 10.0. The van der Waals surface area contributed by atoms with Gasteiger partial charge in [0.15, 0.2) is 0 Å².